The third-order valence-corrected chi connectivity index (χ3v) is 5.33. The summed E-state index contributed by atoms with van der Waals surface area (Å²) in [6.07, 6.45) is 4.03. The highest BCUT2D eigenvalue weighted by Gasteiger charge is 2.29. The van der Waals surface area contributed by atoms with Gasteiger partial charge in [0.15, 0.2) is 0 Å². The van der Waals surface area contributed by atoms with Crippen molar-refractivity contribution < 1.29 is 9.59 Å². The van der Waals surface area contributed by atoms with E-state index in [9.17, 15) is 9.59 Å². The Hall–Kier alpha value is -2.73. The van der Waals surface area contributed by atoms with Crippen LogP contribution in [-0.2, 0) is 11.2 Å². The summed E-state index contributed by atoms with van der Waals surface area (Å²) in [5.74, 6) is 0.419. The van der Waals surface area contributed by atoms with Crippen molar-refractivity contribution in [3.63, 3.8) is 0 Å². The summed E-state index contributed by atoms with van der Waals surface area (Å²) in [4.78, 5) is 30.9. The first-order valence-electron chi connectivity index (χ1n) is 9.00. The molecule has 1 saturated heterocycles. The van der Waals surface area contributed by atoms with Crippen molar-refractivity contribution in [2.75, 3.05) is 29.9 Å². The number of nitrogens with one attached hydrogen (secondary N) is 2. The lowest BCUT2D eigenvalue weighted by Gasteiger charge is -2.31. The van der Waals surface area contributed by atoms with E-state index in [-0.39, 0.29) is 17.7 Å². The monoisotopic (exact) mass is 350 g/mol. The Morgan fingerprint density at radius 2 is 2.15 bits per heavy atom. The number of fused-ring (bicyclic) bond motifs is 1. The molecule has 2 aliphatic rings. The predicted octanol–water partition coefficient (Wildman–Crippen LogP) is 2.08. The summed E-state index contributed by atoms with van der Waals surface area (Å²) in [5, 5.41) is 6.22. The molecule has 2 N–H and O–H groups in total. The van der Waals surface area contributed by atoms with Crippen LogP contribution in [0.1, 0.15) is 22.8 Å². The first kappa shape index (κ1) is 16.7. The van der Waals surface area contributed by atoms with Crippen LogP contribution >= 0.6 is 0 Å². The molecule has 0 spiro atoms. The molecular weight excluding hydrogens is 328 g/mol. The zero-order valence-electron chi connectivity index (χ0n) is 14.7. The summed E-state index contributed by atoms with van der Waals surface area (Å²) in [6.45, 7) is 4.43. The molecule has 6 heteroatoms. The molecule has 0 saturated carbocycles. The van der Waals surface area contributed by atoms with Crippen molar-refractivity contribution in [3.8, 4) is 0 Å². The normalized spacial score (nSPS) is 17.3. The van der Waals surface area contributed by atoms with Gasteiger partial charge in [0.1, 0.15) is 0 Å². The van der Waals surface area contributed by atoms with E-state index in [1.165, 1.54) is 0 Å². The highest BCUT2D eigenvalue weighted by atomic mass is 16.2. The molecule has 0 aliphatic carbocycles. The average Bonchev–Trinajstić information content (AvgIpc) is 3.03. The van der Waals surface area contributed by atoms with Crippen LogP contribution in [0, 0.1) is 11.8 Å². The molecular formula is C20H22N4O2. The van der Waals surface area contributed by atoms with Gasteiger partial charge in [-0.25, -0.2) is 0 Å². The lowest BCUT2D eigenvalue weighted by Crippen LogP contribution is -2.48. The van der Waals surface area contributed by atoms with Crippen molar-refractivity contribution >= 4 is 23.2 Å². The molecule has 26 heavy (non-hydrogen) atoms. The fraction of sp³-hybridized carbons (Fsp3) is 0.350. The molecule has 2 amide bonds. The SMILES string of the molecule is CC(C(=O)Nc1ccc2c(c1)CCN2C(=O)c1cccnc1)C1CNC1. The van der Waals surface area contributed by atoms with Crippen LogP contribution in [0.25, 0.3) is 0 Å². The summed E-state index contributed by atoms with van der Waals surface area (Å²) in [7, 11) is 0. The Kier molecular flexibility index (Phi) is 4.42. The van der Waals surface area contributed by atoms with Gasteiger partial charge < -0.3 is 15.5 Å². The third kappa shape index (κ3) is 3.08. The van der Waals surface area contributed by atoms with E-state index in [1.807, 2.05) is 25.1 Å². The number of benzene rings is 1. The maximum atomic E-state index is 12.7. The molecule has 4 rings (SSSR count). The summed E-state index contributed by atoms with van der Waals surface area (Å²) in [6, 6.07) is 9.31. The largest absolute Gasteiger partial charge is 0.326 e. The number of pyridine rings is 1. The van der Waals surface area contributed by atoms with Crippen LogP contribution in [0.15, 0.2) is 42.7 Å². The summed E-state index contributed by atoms with van der Waals surface area (Å²) < 4.78 is 0. The van der Waals surface area contributed by atoms with Gasteiger partial charge in [0, 0.05) is 36.2 Å². The van der Waals surface area contributed by atoms with Gasteiger partial charge in [-0.1, -0.05) is 6.92 Å². The van der Waals surface area contributed by atoms with Gasteiger partial charge in [-0.05, 0) is 61.3 Å². The minimum Gasteiger partial charge on any atom is -0.326 e. The number of hydrogen-bond acceptors (Lipinski definition) is 4. The second-order valence-corrected chi connectivity index (χ2v) is 6.99. The maximum Gasteiger partial charge on any atom is 0.259 e. The molecule has 1 fully saturated rings. The Morgan fingerprint density at radius 3 is 2.85 bits per heavy atom. The van der Waals surface area contributed by atoms with Crippen LogP contribution in [0.5, 0.6) is 0 Å². The van der Waals surface area contributed by atoms with E-state index in [0.29, 0.717) is 18.0 Å². The lowest BCUT2D eigenvalue weighted by atomic mass is 9.88. The highest BCUT2D eigenvalue weighted by Crippen LogP contribution is 2.32. The van der Waals surface area contributed by atoms with Crippen LogP contribution in [0.4, 0.5) is 11.4 Å². The van der Waals surface area contributed by atoms with E-state index >= 15 is 0 Å². The van der Waals surface area contributed by atoms with Crippen molar-refractivity contribution in [2.45, 2.75) is 13.3 Å². The number of aromatic nitrogens is 1. The molecule has 0 radical (unpaired) electrons. The molecule has 3 heterocycles. The van der Waals surface area contributed by atoms with Gasteiger partial charge in [0.05, 0.1) is 5.56 Å². The van der Waals surface area contributed by atoms with E-state index in [0.717, 1.165) is 36.4 Å². The zero-order chi connectivity index (χ0) is 18.1. The molecule has 0 bridgehead atoms. The Balaban J connectivity index is 1.48. The van der Waals surface area contributed by atoms with Crippen LogP contribution in [0.3, 0.4) is 0 Å². The van der Waals surface area contributed by atoms with Crippen molar-refractivity contribution in [1.29, 1.82) is 0 Å². The number of carbonyl (C=O) groups excluding carboxylic acids is 2. The van der Waals surface area contributed by atoms with Crippen LogP contribution in [-0.4, -0.2) is 36.4 Å². The number of anilines is 2. The molecule has 6 nitrogen and oxygen atoms in total. The zero-order valence-corrected chi connectivity index (χ0v) is 14.7. The molecule has 2 aromatic rings. The van der Waals surface area contributed by atoms with Gasteiger partial charge in [0.25, 0.3) is 5.91 Å². The first-order chi connectivity index (χ1) is 12.6. The summed E-state index contributed by atoms with van der Waals surface area (Å²) >= 11 is 0. The molecule has 1 unspecified atom stereocenters. The number of hydrogen-bond donors (Lipinski definition) is 2. The van der Waals surface area contributed by atoms with Crippen molar-refractivity contribution in [1.82, 2.24) is 10.3 Å². The molecule has 2 aliphatic heterocycles. The smallest absolute Gasteiger partial charge is 0.259 e. The van der Waals surface area contributed by atoms with E-state index in [2.05, 4.69) is 15.6 Å². The topological polar surface area (TPSA) is 74.3 Å². The van der Waals surface area contributed by atoms with Gasteiger partial charge in [0.2, 0.25) is 5.91 Å². The Labute approximate surface area is 152 Å². The Morgan fingerprint density at radius 1 is 1.31 bits per heavy atom. The number of rotatable bonds is 4. The van der Waals surface area contributed by atoms with E-state index in [1.54, 1.807) is 29.4 Å². The standard InChI is InChI=1S/C20H22N4O2/c1-13(16-11-22-12-16)19(25)23-17-4-5-18-14(9-17)6-8-24(18)20(26)15-3-2-7-21-10-15/h2-5,7,9-10,13,16,22H,6,8,11-12H2,1H3,(H,23,25). The maximum absolute atomic E-state index is 12.7. The van der Waals surface area contributed by atoms with E-state index in [4.69, 9.17) is 0 Å². The number of carbonyl (C=O) groups is 2. The quantitative estimate of drug-likeness (QED) is 0.885. The predicted molar refractivity (Wildman–Crippen MR) is 100 cm³/mol. The number of amides is 2. The van der Waals surface area contributed by atoms with Gasteiger partial charge in [-0.2, -0.15) is 0 Å². The molecule has 134 valence electrons. The van der Waals surface area contributed by atoms with Crippen LogP contribution < -0.4 is 15.5 Å². The van der Waals surface area contributed by atoms with Crippen molar-refractivity contribution in [2.24, 2.45) is 11.8 Å². The fourth-order valence-electron chi connectivity index (χ4n) is 3.47. The van der Waals surface area contributed by atoms with Gasteiger partial charge in [-0.3, -0.25) is 14.6 Å². The minimum absolute atomic E-state index is 0.00633. The second kappa shape index (κ2) is 6.88. The van der Waals surface area contributed by atoms with E-state index < -0.39 is 0 Å². The lowest BCUT2D eigenvalue weighted by molar-refractivity contribution is -0.121. The average molecular weight is 350 g/mol. The van der Waals surface area contributed by atoms with Gasteiger partial charge in [-0.15, -0.1) is 0 Å². The molecule has 1 aromatic heterocycles. The minimum atomic E-state index is -0.0419. The molecule has 1 atom stereocenters. The highest BCUT2D eigenvalue weighted by molar-refractivity contribution is 6.07. The second-order valence-electron chi connectivity index (χ2n) is 6.99. The van der Waals surface area contributed by atoms with Crippen molar-refractivity contribution in [3.05, 3.63) is 53.9 Å². The number of nitrogens with zero attached hydrogens (tertiary/aromatic N) is 2. The first-order valence-corrected chi connectivity index (χ1v) is 9.00. The third-order valence-electron chi connectivity index (χ3n) is 5.33. The fourth-order valence-corrected chi connectivity index (χ4v) is 3.47. The molecule has 1 aromatic carbocycles. The Bertz CT molecular complexity index is 833. The summed E-state index contributed by atoms with van der Waals surface area (Å²) in [5.41, 5.74) is 3.37. The van der Waals surface area contributed by atoms with Gasteiger partial charge >= 0.3 is 0 Å². The van der Waals surface area contributed by atoms with Crippen LogP contribution in [0.2, 0.25) is 0 Å².